The summed E-state index contributed by atoms with van der Waals surface area (Å²) in [5.41, 5.74) is 3.28. The number of carbonyl (C=O) groups excluding carboxylic acids is 3. The number of rotatable bonds is 8. The van der Waals surface area contributed by atoms with E-state index in [-0.39, 0.29) is 31.1 Å². The molecule has 0 saturated heterocycles. The van der Waals surface area contributed by atoms with Gasteiger partial charge in [-0.3, -0.25) is 20.0 Å². The van der Waals surface area contributed by atoms with Gasteiger partial charge >= 0.3 is 11.9 Å². The molecule has 9 nitrogen and oxygen atoms in total. The van der Waals surface area contributed by atoms with Crippen LogP contribution in [0, 0.1) is 5.92 Å². The fraction of sp³-hybridized carbons (Fsp3) is 0.400. The molecule has 0 aliphatic carbocycles. The van der Waals surface area contributed by atoms with E-state index in [1.54, 1.807) is 38.1 Å². The summed E-state index contributed by atoms with van der Waals surface area (Å²) in [4.78, 5) is 41.3. The predicted molar refractivity (Wildman–Crippen MR) is 110 cm³/mol. The lowest BCUT2D eigenvalue weighted by atomic mass is 9.75. The van der Waals surface area contributed by atoms with Gasteiger partial charge in [-0.05, 0) is 25.5 Å². The maximum absolute atomic E-state index is 12.9. The number of nitrogens with two attached hydrogens (primary N) is 1. The number of nitrogens with one attached hydrogen (secondary N) is 1. The summed E-state index contributed by atoms with van der Waals surface area (Å²) in [6.45, 7) is 2.93. The van der Waals surface area contributed by atoms with Crippen LogP contribution in [0.5, 0.6) is 0 Å². The highest BCUT2D eigenvalue weighted by Crippen LogP contribution is 2.42. The van der Waals surface area contributed by atoms with Crippen LogP contribution in [0.25, 0.3) is 0 Å². The van der Waals surface area contributed by atoms with Crippen molar-refractivity contribution in [3.63, 3.8) is 0 Å². The summed E-state index contributed by atoms with van der Waals surface area (Å²) in [7, 11) is 1.26. The standard InChI is InChI=1S/C20H24ClN3O6/c1-4-30-20(27)18-14(9-29-10-15(25)24-22)23-11(2)16(19(26)28-3)17(18)12-7-5-6-8-13(12)21/h5-8,16-17H,4,9-10,22H2,1-3H3,(H,24,25). The van der Waals surface area contributed by atoms with Gasteiger partial charge in [0.25, 0.3) is 5.91 Å². The fourth-order valence-electron chi connectivity index (χ4n) is 3.27. The highest BCUT2D eigenvalue weighted by atomic mass is 35.5. The lowest BCUT2D eigenvalue weighted by molar-refractivity contribution is -0.144. The molecule has 3 N–H and O–H groups in total. The first-order chi connectivity index (χ1) is 14.3. The summed E-state index contributed by atoms with van der Waals surface area (Å²) in [6.07, 6.45) is 0. The molecule has 1 aliphatic rings. The van der Waals surface area contributed by atoms with Gasteiger partial charge in [0.1, 0.15) is 12.5 Å². The van der Waals surface area contributed by atoms with E-state index in [1.165, 1.54) is 7.11 Å². The quantitative estimate of drug-likeness (QED) is 0.273. The molecule has 0 aromatic heterocycles. The first-order valence-corrected chi connectivity index (χ1v) is 9.58. The molecular formula is C20H24ClN3O6. The number of esters is 2. The second-order valence-electron chi connectivity index (χ2n) is 6.39. The average Bonchev–Trinajstić information content (AvgIpc) is 2.73. The first-order valence-electron chi connectivity index (χ1n) is 9.20. The lowest BCUT2D eigenvalue weighted by Gasteiger charge is -2.32. The van der Waals surface area contributed by atoms with Gasteiger partial charge in [-0.15, -0.1) is 0 Å². The molecule has 0 saturated carbocycles. The molecule has 162 valence electrons. The monoisotopic (exact) mass is 437 g/mol. The number of hydrazine groups is 1. The topological polar surface area (TPSA) is 129 Å². The molecule has 1 aromatic rings. The van der Waals surface area contributed by atoms with Crippen molar-refractivity contribution >= 4 is 35.2 Å². The van der Waals surface area contributed by atoms with Gasteiger partial charge in [0.15, 0.2) is 0 Å². The van der Waals surface area contributed by atoms with Gasteiger partial charge in [0.05, 0.1) is 31.6 Å². The molecule has 2 rings (SSSR count). The molecule has 1 heterocycles. The van der Waals surface area contributed by atoms with Crippen molar-refractivity contribution in [1.29, 1.82) is 0 Å². The van der Waals surface area contributed by atoms with Crippen LogP contribution in [-0.2, 0) is 28.6 Å². The van der Waals surface area contributed by atoms with Crippen molar-refractivity contribution in [2.24, 2.45) is 16.8 Å². The SMILES string of the molecule is CCOC(=O)C1=C(COCC(=O)NN)N=C(C)C(C(=O)OC)C1c1ccccc1Cl. The number of benzene rings is 1. The molecule has 0 radical (unpaired) electrons. The number of hydrogen-bond donors (Lipinski definition) is 2. The van der Waals surface area contributed by atoms with Gasteiger partial charge in [-0.2, -0.15) is 0 Å². The van der Waals surface area contributed by atoms with E-state index in [1.807, 2.05) is 5.43 Å². The van der Waals surface area contributed by atoms with Gasteiger partial charge < -0.3 is 14.2 Å². The fourth-order valence-corrected chi connectivity index (χ4v) is 3.52. The molecular weight excluding hydrogens is 414 g/mol. The minimum absolute atomic E-state index is 0.118. The second kappa shape index (κ2) is 10.9. The number of ether oxygens (including phenoxy) is 3. The average molecular weight is 438 g/mol. The molecule has 0 bridgehead atoms. The van der Waals surface area contributed by atoms with E-state index in [0.29, 0.717) is 16.3 Å². The molecule has 0 spiro atoms. The lowest BCUT2D eigenvalue weighted by Crippen LogP contribution is -2.37. The molecule has 1 aromatic carbocycles. The summed E-state index contributed by atoms with van der Waals surface area (Å²) >= 11 is 6.41. The molecule has 1 amide bonds. The van der Waals surface area contributed by atoms with Crippen molar-refractivity contribution in [3.05, 3.63) is 46.1 Å². The maximum Gasteiger partial charge on any atom is 0.336 e. The third kappa shape index (κ3) is 5.24. The normalized spacial score (nSPS) is 18.5. The van der Waals surface area contributed by atoms with E-state index in [0.717, 1.165) is 0 Å². The molecule has 2 atom stereocenters. The number of amides is 1. The Hall–Kier alpha value is -2.75. The van der Waals surface area contributed by atoms with Gasteiger partial charge in [-0.25, -0.2) is 10.6 Å². The zero-order valence-electron chi connectivity index (χ0n) is 16.9. The van der Waals surface area contributed by atoms with Crippen LogP contribution >= 0.6 is 11.6 Å². The summed E-state index contributed by atoms with van der Waals surface area (Å²) in [5, 5.41) is 0.371. The predicted octanol–water partition coefficient (Wildman–Crippen LogP) is 1.51. The molecule has 1 aliphatic heterocycles. The Balaban J connectivity index is 2.62. The largest absolute Gasteiger partial charge is 0.468 e. The number of halogens is 1. The van der Waals surface area contributed by atoms with Crippen LogP contribution < -0.4 is 11.3 Å². The highest BCUT2D eigenvalue weighted by molar-refractivity contribution is 6.31. The van der Waals surface area contributed by atoms with E-state index < -0.39 is 29.7 Å². The van der Waals surface area contributed by atoms with Crippen molar-refractivity contribution in [1.82, 2.24) is 5.43 Å². The Labute approximate surface area is 179 Å². The second-order valence-corrected chi connectivity index (χ2v) is 6.80. The minimum atomic E-state index is -0.884. The Morgan fingerprint density at radius 1 is 1.27 bits per heavy atom. The van der Waals surface area contributed by atoms with E-state index in [2.05, 4.69) is 4.99 Å². The highest BCUT2D eigenvalue weighted by Gasteiger charge is 2.43. The number of hydrogen-bond acceptors (Lipinski definition) is 8. The van der Waals surface area contributed by atoms with E-state index in [4.69, 9.17) is 31.7 Å². The van der Waals surface area contributed by atoms with Gasteiger partial charge in [0, 0.05) is 16.7 Å². The van der Waals surface area contributed by atoms with Gasteiger partial charge in [-0.1, -0.05) is 29.8 Å². The van der Waals surface area contributed by atoms with Crippen LogP contribution in [0.4, 0.5) is 0 Å². The first kappa shape index (κ1) is 23.5. The van der Waals surface area contributed by atoms with Crippen molar-refractivity contribution in [2.75, 3.05) is 26.9 Å². The van der Waals surface area contributed by atoms with Crippen molar-refractivity contribution in [3.8, 4) is 0 Å². The van der Waals surface area contributed by atoms with Crippen LogP contribution in [0.1, 0.15) is 25.3 Å². The van der Waals surface area contributed by atoms with Gasteiger partial charge in [0.2, 0.25) is 0 Å². The van der Waals surface area contributed by atoms with Crippen LogP contribution in [-0.4, -0.2) is 50.5 Å². The Morgan fingerprint density at radius 2 is 1.97 bits per heavy atom. The molecule has 2 unspecified atom stereocenters. The number of nitrogens with zero attached hydrogens (tertiary/aromatic N) is 1. The third-order valence-electron chi connectivity index (χ3n) is 4.54. The third-order valence-corrected chi connectivity index (χ3v) is 4.88. The van der Waals surface area contributed by atoms with Crippen LogP contribution in [0.15, 0.2) is 40.5 Å². The molecule has 30 heavy (non-hydrogen) atoms. The molecule has 10 heteroatoms. The minimum Gasteiger partial charge on any atom is -0.468 e. The zero-order valence-corrected chi connectivity index (χ0v) is 17.7. The Morgan fingerprint density at radius 3 is 2.57 bits per heavy atom. The Bertz CT molecular complexity index is 883. The van der Waals surface area contributed by atoms with E-state index in [9.17, 15) is 14.4 Å². The summed E-state index contributed by atoms with van der Waals surface area (Å²) < 4.78 is 15.6. The molecule has 0 fully saturated rings. The zero-order chi connectivity index (χ0) is 22.3. The summed E-state index contributed by atoms with van der Waals surface area (Å²) in [6, 6.07) is 6.88. The van der Waals surface area contributed by atoms with E-state index >= 15 is 0 Å². The van der Waals surface area contributed by atoms with Crippen molar-refractivity contribution in [2.45, 2.75) is 19.8 Å². The number of carbonyl (C=O) groups is 3. The Kier molecular flexibility index (Phi) is 8.52. The van der Waals surface area contributed by atoms with Crippen LogP contribution in [0.3, 0.4) is 0 Å². The number of aliphatic imine (C=N–C) groups is 1. The summed E-state index contributed by atoms with van der Waals surface area (Å²) in [5.74, 6) is 1.60. The number of methoxy groups -OCH3 is 1. The van der Waals surface area contributed by atoms with Crippen molar-refractivity contribution < 1.29 is 28.6 Å². The maximum atomic E-state index is 12.9. The smallest absolute Gasteiger partial charge is 0.336 e. The van der Waals surface area contributed by atoms with Crippen LogP contribution in [0.2, 0.25) is 5.02 Å².